The van der Waals surface area contributed by atoms with Crippen LogP contribution in [0.1, 0.15) is 31.1 Å². The van der Waals surface area contributed by atoms with E-state index in [0.29, 0.717) is 11.3 Å². The number of nitrogens with one attached hydrogen (secondary N) is 1. The minimum atomic E-state index is -0.609. The van der Waals surface area contributed by atoms with Crippen molar-refractivity contribution < 1.29 is 19.1 Å². The molecule has 0 bridgehead atoms. The predicted molar refractivity (Wildman–Crippen MR) is 80.4 cm³/mol. The molecule has 1 N–H and O–H groups in total. The molecule has 0 unspecified atom stereocenters. The Morgan fingerprint density at radius 1 is 1.26 bits per heavy atom. The van der Waals surface area contributed by atoms with Gasteiger partial charge in [0.15, 0.2) is 0 Å². The second-order valence-electron chi connectivity index (χ2n) is 4.78. The lowest BCUT2D eigenvalue weighted by Crippen LogP contribution is -2.28. The number of carbonyl (C=O) groups excluding carboxylic acids is 2. The number of methoxy groups -OCH3 is 1. The maximum absolute atomic E-state index is 11.8. The number of anilines is 1. The van der Waals surface area contributed by atoms with Crippen molar-refractivity contribution in [3.63, 3.8) is 0 Å². The number of para-hydroxylation sites is 1. The highest BCUT2D eigenvalue weighted by molar-refractivity contribution is 14.1. The zero-order valence-electron chi connectivity index (χ0n) is 11.2. The molecular formula is C13H16INO4. The van der Waals surface area contributed by atoms with E-state index in [2.05, 4.69) is 10.1 Å². The van der Waals surface area contributed by atoms with Crippen LogP contribution < -0.4 is 5.32 Å². The van der Waals surface area contributed by atoms with E-state index in [-0.39, 0.29) is 0 Å². The predicted octanol–water partition coefficient (Wildman–Crippen LogP) is 3.42. The third-order valence-electron chi connectivity index (χ3n) is 2.04. The van der Waals surface area contributed by atoms with E-state index in [4.69, 9.17) is 4.74 Å². The maximum Gasteiger partial charge on any atom is 0.412 e. The molecule has 0 fully saturated rings. The van der Waals surface area contributed by atoms with Gasteiger partial charge in [-0.25, -0.2) is 9.59 Å². The Hall–Kier alpha value is -1.31. The fraction of sp³-hybridized carbons (Fsp3) is 0.385. The minimum absolute atomic E-state index is 0.292. The van der Waals surface area contributed by atoms with Crippen molar-refractivity contribution in [2.45, 2.75) is 26.4 Å². The molecular weight excluding hydrogens is 361 g/mol. The number of hydrogen-bond acceptors (Lipinski definition) is 4. The van der Waals surface area contributed by atoms with E-state index in [9.17, 15) is 9.59 Å². The van der Waals surface area contributed by atoms with Crippen molar-refractivity contribution in [3.05, 3.63) is 27.3 Å². The highest BCUT2D eigenvalue weighted by Crippen LogP contribution is 2.24. The molecule has 6 heteroatoms. The zero-order chi connectivity index (χ0) is 14.6. The Morgan fingerprint density at radius 3 is 2.42 bits per heavy atom. The van der Waals surface area contributed by atoms with E-state index in [1.807, 2.05) is 22.6 Å². The monoisotopic (exact) mass is 377 g/mol. The third kappa shape index (κ3) is 4.70. The summed E-state index contributed by atoms with van der Waals surface area (Å²) in [6.07, 6.45) is -0.609. The van der Waals surface area contributed by atoms with Crippen LogP contribution in [0.15, 0.2) is 18.2 Å². The van der Waals surface area contributed by atoms with Crippen LogP contribution in [-0.4, -0.2) is 24.8 Å². The van der Waals surface area contributed by atoms with E-state index in [1.54, 1.807) is 39.0 Å². The smallest absolute Gasteiger partial charge is 0.412 e. The molecule has 0 saturated heterocycles. The van der Waals surface area contributed by atoms with Crippen LogP contribution in [-0.2, 0) is 9.47 Å². The van der Waals surface area contributed by atoms with Gasteiger partial charge in [0.05, 0.1) is 18.4 Å². The van der Waals surface area contributed by atoms with Gasteiger partial charge in [-0.15, -0.1) is 0 Å². The highest BCUT2D eigenvalue weighted by atomic mass is 127. The second-order valence-corrected chi connectivity index (χ2v) is 5.94. The average molecular weight is 377 g/mol. The van der Waals surface area contributed by atoms with Gasteiger partial charge in [-0.3, -0.25) is 5.32 Å². The molecule has 0 aliphatic carbocycles. The SMILES string of the molecule is COC(=O)c1cccc(I)c1NC(=O)OC(C)(C)C. The molecule has 1 aromatic rings. The van der Waals surface area contributed by atoms with Crippen molar-refractivity contribution >= 4 is 40.3 Å². The number of amides is 1. The zero-order valence-corrected chi connectivity index (χ0v) is 13.4. The second kappa shape index (κ2) is 6.23. The van der Waals surface area contributed by atoms with Gasteiger partial charge in [0, 0.05) is 3.57 Å². The van der Waals surface area contributed by atoms with E-state index in [1.165, 1.54) is 7.11 Å². The lowest BCUT2D eigenvalue weighted by Gasteiger charge is -2.20. The van der Waals surface area contributed by atoms with Gasteiger partial charge in [-0.1, -0.05) is 6.07 Å². The van der Waals surface area contributed by atoms with Gasteiger partial charge in [0.25, 0.3) is 0 Å². The number of benzene rings is 1. The molecule has 0 aromatic heterocycles. The summed E-state index contributed by atoms with van der Waals surface area (Å²) in [6.45, 7) is 5.30. The molecule has 1 amide bonds. The summed E-state index contributed by atoms with van der Waals surface area (Å²) in [4.78, 5) is 23.4. The van der Waals surface area contributed by atoms with E-state index >= 15 is 0 Å². The largest absolute Gasteiger partial charge is 0.465 e. The Kier molecular flexibility index (Phi) is 5.16. The molecule has 0 heterocycles. The number of esters is 1. The van der Waals surface area contributed by atoms with Crippen LogP contribution in [0, 0.1) is 3.57 Å². The van der Waals surface area contributed by atoms with E-state index < -0.39 is 17.7 Å². The van der Waals surface area contributed by atoms with Crippen molar-refractivity contribution in [1.29, 1.82) is 0 Å². The first kappa shape index (κ1) is 15.7. The lowest BCUT2D eigenvalue weighted by atomic mass is 10.2. The summed E-state index contributed by atoms with van der Waals surface area (Å²) in [5, 5.41) is 2.58. The summed E-state index contributed by atoms with van der Waals surface area (Å²) >= 11 is 2.03. The first-order valence-corrected chi connectivity index (χ1v) is 6.69. The Labute approximate surface area is 125 Å². The van der Waals surface area contributed by atoms with Gasteiger partial charge in [0.1, 0.15) is 5.60 Å². The molecule has 0 aliphatic rings. The van der Waals surface area contributed by atoms with Gasteiger partial charge < -0.3 is 9.47 Å². The molecule has 19 heavy (non-hydrogen) atoms. The number of hydrogen-bond donors (Lipinski definition) is 1. The fourth-order valence-electron chi connectivity index (χ4n) is 1.34. The highest BCUT2D eigenvalue weighted by Gasteiger charge is 2.20. The number of rotatable bonds is 2. The Balaban J connectivity index is 3.00. The normalized spacial score (nSPS) is 10.8. The van der Waals surface area contributed by atoms with Crippen molar-refractivity contribution in [2.24, 2.45) is 0 Å². The van der Waals surface area contributed by atoms with E-state index in [0.717, 1.165) is 3.57 Å². The molecule has 1 rings (SSSR count). The topological polar surface area (TPSA) is 64.6 Å². The molecule has 0 radical (unpaired) electrons. The number of carbonyl (C=O) groups is 2. The van der Waals surface area contributed by atoms with Gasteiger partial charge in [-0.2, -0.15) is 0 Å². The van der Waals surface area contributed by atoms with Crippen molar-refractivity contribution in [3.8, 4) is 0 Å². The van der Waals surface area contributed by atoms with Crippen molar-refractivity contribution in [1.82, 2.24) is 0 Å². The first-order chi connectivity index (χ1) is 8.74. The Morgan fingerprint density at radius 2 is 1.89 bits per heavy atom. The quantitative estimate of drug-likeness (QED) is 0.634. The first-order valence-electron chi connectivity index (χ1n) is 5.61. The van der Waals surface area contributed by atoms with Crippen LogP contribution in [0.2, 0.25) is 0 Å². The summed E-state index contributed by atoms with van der Waals surface area (Å²) < 4.78 is 10.6. The van der Waals surface area contributed by atoms with Crippen molar-refractivity contribution in [2.75, 3.05) is 12.4 Å². The van der Waals surface area contributed by atoms with Crippen LogP contribution in [0.25, 0.3) is 0 Å². The molecule has 0 atom stereocenters. The van der Waals surface area contributed by atoms with Crippen LogP contribution in [0.4, 0.5) is 10.5 Å². The average Bonchev–Trinajstić information content (AvgIpc) is 2.28. The third-order valence-corrected chi connectivity index (χ3v) is 2.94. The fourth-order valence-corrected chi connectivity index (χ4v) is 1.97. The molecule has 1 aromatic carbocycles. The van der Waals surface area contributed by atoms with Crippen LogP contribution in [0.3, 0.4) is 0 Å². The number of ether oxygens (including phenoxy) is 2. The van der Waals surface area contributed by atoms with Gasteiger partial charge in [-0.05, 0) is 55.5 Å². The van der Waals surface area contributed by atoms with Gasteiger partial charge in [0.2, 0.25) is 0 Å². The molecule has 104 valence electrons. The molecule has 0 aliphatic heterocycles. The summed E-state index contributed by atoms with van der Waals surface area (Å²) in [6, 6.07) is 5.08. The standard InChI is InChI=1S/C13H16INO4/c1-13(2,3)19-12(17)15-10-8(11(16)18-4)6-5-7-9(10)14/h5-7H,1-4H3,(H,15,17). The molecule has 5 nitrogen and oxygen atoms in total. The summed E-state index contributed by atoms with van der Waals surface area (Å²) in [7, 11) is 1.29. The lowest BCUT2D eigenvalue weighted by molar-refractivity contribution is 0.0602. The number of halogens is 1. The minimum Gasteiger partial charge on any atom is -0.465 e. The molecule has 0 saturated carbocycles. The maximum atomic E-state index is 11.8. The summed E-state index contributed by atoms with van der Waals surface area (Å²) in [5.74, 6) is -0.510. The van der Waals surface area contributed by atoms with Crippen LogP contribution >= 0.6 is 22.6 Å². The molecule has 0 spiro atoms. The van der Waals surface area contributed by atoms with Crippen LogP contribution in [0.5, 0.6) is 0 Å². The summed E-state index contributed by atoms with van der Waals surface area (Å²) in [5.41, 5.74) is 0.0832. The van der Waals surface area contributed by atoms with Gasteiger partial charge >= 0.3 is 12.1 Å². The Bertz CT molecular complexity index is 494.